The number of nitrogens with two attached hydrogens (primary N) is 1. The fourth-order valence-corrected chi connectivity index (χ4v) is 2.56. The van der Waals surface area contributed by atoms with Crippen LogP contribution in [0.1, 0.15) is 29.9 Å². The van der Waals surface area contributed by atoms with Gasteiger partial charge < -0.3 is 10.2 Å². The predicted molar refractivity (Wildman–Crippen MR) is 69.2 cm³/mol. The molecule has 1 aliphatic heterocycles. The van der Waals surface area contributed by atoms with Gasteiger partial charge in [0.05, 0.1) is 17.6 Å². The van der Waals surface area contributed by atoms with Crippen LogP contribution in [0.25, 0.3) is 11.0 Å². The van der Waals surface area contributed by atoms with Crippen molar-refractivity contribution in [1.29, 1.82) is 0 Å². The van der Waals surface area contributed by atoms with Crippen LogP contribution < -0.4 is 11.1 Å². The fraction of sp³-hybridized carbons (Fsp3) is 0.286. The van der Waals surface area contributed by atoms with E-state index in [0.29, 0.717) is 23.1 Å². The highest BCUT2D eigenvalue weighted by Crippen LogP contribution is 2.34. The Kier molecular flexibility index (Phi) is 3.02. The van der Waals surface area contributed by atoms with Gasteiger partial charge >= 0.3 is 0 Å². The number of hydrogen-bond acceptors (Lipinski definition) is 4. The van der Waals surface area contributed by atoms with Gasteiger partial charge in [0.1, 0.15) is 11.4 Å². The van der Waals surface area contributed by atoms with E-state index in [9.17, 15) is 14.0 Å². The highest BCUT2D eigenvalue weighted by Gasteiger charge is 2.31. The first-order valence-electron chi connectivity index (χ1n) is 6.33. The van der Waals surface area contributed by atoms with Gasteiger partial charge in [-0.25, -0.2) is 4.39 Å². The van der Waals surface area contributed by atoms with Crippen LogP contribution in [0.15, 0.2) is 22.8 Å². The monoisotopic (exact) mass is 276 g/mol. The number of benzene rings is 1. The Balaban J connectivity index is 2.09. The quantitative estimate of drug-likeness (QED) is 0.815. The molecule has 6 heteroatoms. The summed E-state index contributed by atoms with van der Waals surface area (Å²) < 4.78 is 19.5. The summed E-state index contributed by atoms with van der Waals surface area (Å²) in [6, 6.07) is 3.00. The highest BCUT2D eigenvalue weighted by atomic mass is 19.1. The molecule has 1 saturated heterocycles. The minimum atomic E-state index is -0.563. The third kappa shape index (κ3) is 1.98. The van der Waals surface area contributed by atoms with Gasteiger partial charge in [-0.15, -0.1) is 0 Å². The molecule has 0 radical (unpaired) electrons. The van der Waals surface area contributed by atoms with Gasteiger partial charge in [-0.3, -0.25) is 14.9 Å². The summed E-state index contributed by atoms with van der Waals surface area (Å²) in [7, 11) is 0. The lowest BCUT2D eigenvalue weighted by molar-refractivity contribution is -0.134. The molecule has 1 unspecified atom stereocenters. The van der Waals surface area contributed by atoms with Crippen molar-refractivity contribution in [1.82, 2.24) is 5.32 Å². The molecule has 0 bridgehead atoms. The number of imide groups is 1. The number of rotatable bonds is 2. The van der Waals surface area contributed by atoms with Crippen LogP contribution in [0, 0.1) is 5.82 Å². The number of nitrogens with one attached hydrogen (secondary N) is 1. The van der Waals surface area contributed by atoms with Crippen LogP contribution in [-0.2, 0) is 16.1 Å². The van der Waals surface area contributed by atoms with Crippen LogP contribution in [0.5, 0.6) is 0 Å². The zero-order chi connectivity index (χ0) is 14.3. The van der Waals surface area contributed by atoms with E-state index in [-0.39, 0.29) is 24.3 Å². The summed E-state index contributed by atoms with van der Waals surface area (Å²) in [6.45, 7) is 0.210. The molecule has 1 aromatic carbocycles. The minimum Gasteiger partial charge on any atom is -0.464 e. The first-order valence-corrected chi connectivity index (χ1v) is 6.33. The number of piperidine rings is 1. The predicted octanol–water partition coefficient (Wildman–Crippen LogP) is 1.55. The number of carbonyl (C=O) groups is 2. The van der Waals surface area contributed by atoms with Crippen LogP contribution in [0.4, 0.5) is 4.39 Å². The summed E-state index contributed by atoms with van der Waals surface area (Å²) in [6.07, 6.45) is 1.98. The van der Waals surface area contributed by atoms with Crippen molar-refractivity contribution in [3.8, 4) is 0 Å². The highest BCUT2D eigenvalue weighted by molar-refractivity contribution is 6.02. The second-order valence-electron chi connectivity index (χ2n) is 4.85. The molecule has 3 rings (SSSR count). The van der Waals surface area contributed by atoms with Crippen LogP contribution in [-0.4, -0.2) is 11.8 Å². The van der Waals surface area contributed by atoms with Crippen LogP contribution in [0.2, 0.25) is 0 Å². The Morgan fingerprint density at radius 2 is 2.20 bits per heavy atom. The van der Waals surface area contributed by atoms with Crippen molar-refractivity contribution >= 4 is 22.8 Å². The van der Waals surface area contributed by atoms with E-state index in [0.717, 1.165) is 0 Å². The van der Waals surface area contributed by atoms with Gasteiger partial charge in [0.25, 0.3) is 0 Å². The van der Waals surface area contributed by atoms with Crippen LogP contribution in [0.3, 0.4) is 0 Å². The standard InChI is InChI=1S/C14H13FN2O3/c15-10-3-7(5-16)4-11-13(10)9(6-20-11)8-1-2-12(18)17-14(8)19/h3-4,6,8H,1-2,5,16H2,(H,17,18,19). The first-order chi connectivity index (χ1) is 9.60. The molecule has 20 heavy (non-hydrogen) atoms. The SMILES string of the molecule is NCc1cc(F)c2c(C3CCC(=O)NC3=O)coc2c1. The molecule has 0 saturated carbocycles. The van der Waals surface area contributed by atoms with Gasteiger partial charge in [-0.2, -0.15) is 0 Å². The lowest BCUT2D eigenvalue weighted by Gasteiger charge is -2.19. The number of carbonyl (C=O) groups excluding carboxylic acids is 2. The van der Waals surface area contributed by atoms with Crippen molar-refractivity contribution in [3.05, 3.63) is 35.3 Å². The van der Waals surface area contributed by atoms with Gasteiger partial charge in [0, 0.05) is 18.5 Å². The molecule has 2 amide bonds. The normalized spacial score (nSPS) is 19.4. The molecule has 1 atom stereocenters. The topological polar surface area (TPSA) is 85.3 Å². The second kappa shape index (κ2) is 4.72. The molecule has 1 aliphatic rings. The Morgan fingerprint density at radius 3 is 2.90 bits per heavy atom. The smallest absolute Gasteiger partial charge is 0.234 e. The zero-order valence-corrected chi connectivity index (χ0v) is 10.6. The van der Waals surface area contributed by atoms with E-state index in [4.69, 9.17) is 10.2 Å². The Morgan fingerprint density at radius 1 is 1.40 bits per heavy atom. The van der Waals surface area contributed by atoms with Crippen LogP contribution >= 0.6 is 0 Å². The number of halogens is 1. The summed E-state index contributed by atoms with van der Waals surface area (Å²) in [5, 5.41) is 2.55. The maximum atomic E-state index is 14.2. The van der Waals surface area contributed by atoms with Gasteiger partial charge in [-0.05, 0) is 24.1 Å². The lowest BCUT2D eigenvalue weighted by atomic mass is 9.90. The Bertz CT molecular complexity index is 708. The van der Waals surface area contributed by atoms with Gasteiger partial charge in [0.2, 0.25) is 11.8 Å². The minimum absolute atomic E-state index is 0.210. The van der Waals surface area contributed by atoms with E-state index < -0.39 is 17.6 Å². The molecule has 1 aromatic heterocycles. The number of amides is 2. The van der Waals surface area contributed by atoms with Crippen molar-refractivity contribution < 1.29 is 18.4 Å². The average molecular weight is 276 g/mol. The summed E-state index contributed by atoms with van der Waals surface area (Å²) in [5.41, 5.74) is 6.95. The molecule has 2 aromatic rings. The molecular formula is C14H13FN2O3. The molecule has 3 N–H and O–H groups in total. The summed E-state index contributed by atoms with van der Waals surface area (Å²) >= 11 is 0. The van der Waals surface area contributed by atoms with Crippen molar-refractivity contribution in [3.63, 3.8) is 0 Å². The van der Waals surface area contributed by atoms with E-state index in [1.165, 1.54) is 12.3 Å². The molecular weight excluding hydrogens is 263 g/mol. The first kappa shape index (κ1) is 12.8. The van der Waals surface area contributed by atoms with Crippen molar-refractivity contribution in [2.24, 2.45) is 5.73 Å². The summed E-state index contributed by atoms with van der Waals surface area (Å²) in [4.78, 5) is 23.0. The third-order valence-corrected chi connectivity index (χ3v) is 3.57. The van der Waals surface area contributed by atoms with E-state index in [1.807, 2.05) is 0 Å². The lowest BCUT2D eigenvalue weighted by Crippen LogP contribution is -2.39. The number of fused-ring (bicyclic) bond motifs is 1. The molecule has 0 spiro atoms. The fourth-order valence-electron chi connectivity index (χ4n) is 2.56. The maximum Gasteiger partial charge on any atom is 0.234 e. The number of hydrogen-bond donors (Lipinski definition) is 2. The molecule has 0 aliphatic carbocycles. The van der Waals surface area contributed by atoms with Crippen molar-refractivity contribution in [2.45, 2.75) is 25.3 Å². The van der Waals surface area contributed by atoms with Gasteiger partial charge in [0.15, 0.2) is 0 Å². The number of furan rings is 1. The average Bonchev–Trinajstić information content (AvgIpc) is 2.83. The van der Waals surface area contributed by atoms with E-state index in [2.05, 4.69) is 5.32 Å². The van der Waals surface area contributed by atoms with E-state index >= 15 is 0 Å². The molecule has 1 fully saturated rings. The van der Waals surface area contributed by atoms with Crippen molar-refractivity contribution in [2.75, 3.05) is 0 Å². The zero-order valence-electron chi connectivity index (χ0n) is 10.6. The summed E-state index contributed by atoms with van der Waals surface area (Å²) in [5.74, 6) is -1.74. The molecule has 2 heterocycles. The molecule has 5 nitrogen and oxygen atoms in total. The largest absolute Gasteiger partial charge is 0.464 e. The molecule has 104 valence electrons. The Labute approximate surface area is 113 Å². The second-order valence-corrected chi connectivity index (χ2v) is 4.85. The van der Waals surface area contributed by atoms with E-state index in [1.54, 1.807) is 6.07 Å². The van der Waals surface area contributed by atoms with Gasteiger partial charge in [-0.1, -0.05) is 0 Å². The Hall–Kier alpha value is -2.21. The third-order valence-electron chi connectivity index (χ3n) is 3.57. The maximum absolute atomic E-state index is 14.2.